The molecule has 4 heterocycles. The second-order valence-corrected chi connectivity index (χ2v) is 8.92. The molecule has 1 aliphatic heterocycles. The average molecular weight is 501 g/mol. The molecule has 10 heteroatoms. The summed E-state index contributed by atoms with van der Waals surface area (Å²) in [7, 11) is 0. The number of aromatic amines is 1. The van der Waals surface area contributed by atoms with E-state index in [2.05, 4.69) is 26.4 Å². The maximum atomic E-state index is 13.9. The molecule has 186 valence electrons. The van der Waals surface area contributed by atoms with Crippen LogP contribution in [0.15, 0.2) is 54.9 Å². The summed E-state index contributed by atoms with van der Waals surface area (Å²) in [5.41, 5.74) is 11.3. The number of para-hydroxylation sites is 1. The highest BCUT2D eigenvalue weighted by atomic mass is 19.1. The van der Waals surface area contributed by atoms with Crippen LogP contribution in [0.1, 0.15) is 33.6 Å². The lowest BCUT2D eigenvalue weighted by molar-refractivity contribution is 0.103. The Morgan fingerprint density at radius 3 is 2.73 bits per heavy atom. The van der Waals surface area contributed by atoms with Crippen molar-refractivity contribution in [3.63, 3.8) is 0 Å². The second kappa shape index (κ2) is 8.74. The first-order valence-electron chi connectivity index (χ1n) is 11.8. The smallest absolute Gasteiger partial charge is 0.219 e. The van der Waals surface area contributed by atoms with Crippen LogP contribution in [0, 0.1) is 18.6 Å². The van der Waals surface area contributed by atoms with Crippen molar-refractivity contribution in [3.05, 3.63) is 88.9 Å². The summed E-state index contributed by atoms with van der Waals surface area (Å²) in [5, 5.41) is 8.70. The number of fused-ring (bicyclic) bond motifs is 3. The van der Waals surface area contributed by atoms with Crippen molar-refractivity contribution in [2.24, 2.45) is 0 Å². The summed E-state index contributed by atoms with van der Waals surface area (Å²) in [5.74, 6) is -2.36. The number of pyridine rings is 1. The first-order valence-corrected chi connectivity index (χ1v) is 11.8. The predicted octanol–water partition coefficient (Wildman–Crippen LogP) is 5.30. The molecule has 3 aromatic heterocycles. The van der Waals surface area contributed by atoms with Crippen LogP contribution < -0.4 is 15.8 Å². The average Bonchev–Trinajstić information content (AvgIpc) is 3.50. The minimum atomic E-state index is -0.837. The zero-order chi connectivity index (χ0) is 25.7. The zero-order valence-corrected chi connectivity index (χ0v) is 19.8. The Hall–Kier alpha value is -4.73. The number of anilines is 2. The molecule has 2 aromatic carbocycles. The molecule has 0 bridgehead atoms. The van der Waals surface area contributed by atoms with Gasteiger partial charge in [0.1, 0.15) is 5.82 Å². The molecule has 0 unspecified atom stereocenters. The predicted molar refractivity (Wildman–Crippen MR) is 135 cm³/mol. The Balaban J connectivity index is 1.30. The number of benzene rings is 2. The Kier molecular flexibility index (Phi) is 5.36. The number of aromatic nitrogens is 4. The van der Waals surface area contributed by atoms with Crippen molar-refractivity contribution in [3.8, 4) is 17.3 Å². The largest absolute Gasteiger partial charge is 0.433 e. The van der Waals surface area contributed by atoms with E-state index < -0.39 is 17.4 Å². The monoisotopic (exact) mass is 500 g/mol. The number of hydrogen-bond donors (Lipinski definition) is 3. The fourth-order valence-electron chi connectivity index (χ4n) is 4.64. The lowest BCUT2D eigenvalue weighted by Crippen LogP contribution is -2.11. The number of carbonyl (C=O) groups excluding carboxylic acids is 1. The minimum absolute atomic E-state index is 0.00212. The van der Waals surface area contributed by atoms with Crippen LogP contribution in [0.2, 0.25) is 0 Å². The number of H-pyrrole nitrogens is 1. The Morgan fingerprint density at radius 2 is 1.95 bits per heavy atom. The van der Waals surface area contributed by atoms with E-state index in [0.29, 0.717) is 16.9 Å². The summed E-state index contributed by atoms with van der Waals surface area (Å²) >= 11 is 0. The van der Waals surface area contributed by atoms with E-state index in [0.717, 1.165) is 48.1 Å². The summed E-state index contributed by atoms with van der Waals surface area (Å²) in [6.07, 6.45) is 4.90. The Morgan fingerprint density at radius 1 is 1.14 bits per heavy atom. The SMILES string of the molecule is Cc1cc(Oc2c(F)cccc2F)ncc1-n1ncc(C(=O)c2cc3c4c(ccc3[nH]2)CCCN4)c1N. The molecule has 0 saturated heterocycles. The van der Waals surface area contributed by atoms with Gasteiger partial charge in [-0.1, -0.05) is 12.1 Å². The van der Waals surface area contributed by atoms with Crippen LogP contribution in [0.25, 0.3) is 16.6 Å². The van der Waals surface area contributed by atoms with Gasteiger partial charge < -0.3 is 20.8 Å². The van der Waals surface area contributed by atoms with Gasteiger partial charge in [0.15, 0.2) is 11.6 Å². The van der Waals surface area contributed by atoms with Crippen molar-refractivity contribution in [1.29, 1.82) is 0 Å². The third kappa shape index (κ3) is 3.86. The quantitative estimate of drug-likeness (QED) is 0.283. The highest BCUT2D eigenvalue weighted by molar-refractivity contribution is 6.13. The van der Waals surface area contributed by atoms with E-state index in [1.54, 1.807) is 6.92 Å². The Labute approximate surface area is 210 Å². The van der Waals surface area contributed by atoms with E-state index in [4.69, 9.17) is 10.5 Å². The van der Waals surface area contributed by atoms with Crippen molar-refractivity contribution >= 4 is 28.2 Å². The minimum Gasteiger partial charge on any atom is -0.433 e. The molecule has 0 saturated carbocycles. The number of nitrogens with two attached hydrogens (primary N) is 1. The number of carbonyl (C=O) groups is 1. The van der Waals surface area contributed by atoms with E-state index in [1.807, 2.05) is 12.1 Å². The van der Waals surface area contributed by atoms with Gasteiger partial charge in [0.05, 0.1) is 29.3 Å². The summed E-state index contributed by atoms with van der Waals surface area (Å²) < 4.78 is 34.6. The summed E-state index contributed by atoms with van der Waals surface area (Å²) in [4.78, 5) is 20.7. The zero-order valence-electron chi connectivity index (χ0n) is 19.8. The molecule has 0 fully saturated rings. The van der Waals surface area contributed by atoms with E-state index in [9.17, 15) is 13.6 Å². The second-order valence-electron chi connectivity index (χ2n) is 8.92. The van der Waals surface area contributed by atoms with Gasteiger partial charge in [-0.3, -0.25) is 4.79 Å². The van der Waals surface area contributed by atoms with Gasteiger partial charge in [-0.05, 0) is 55.2 Å². The van der Waals surface area contributed by atoms with E-state index in [-0.39, 0.29) is 23.0 Å². The number of ketones is 1. The van der Waals surface area contributed by atoms with Crippen LogP contribution in [0.3, 0.4) is 0 Å². The number of halogens is 2. The summed E-state index contributed by atoms with van der Waals surface area (Å²) in [6.45, 7) is 2.64. The van der Waals surface area contributed by atoms with Gasteiger partial charge in [0, 0.05) is 29.2 Å². The highest BCUT2D eigenvalue weighted by Gasteiger charge is 2.22. The maximum Gasteiger partial charge on any atom is 0.219 e. The summed E-state index contributed by atoms with van der Waals surface area (Å²) in [6, 6.07) is 10.9. The molecule has 0 amide bonds. The molecule has 0 radical (unpaired) electrons. The van der Waals surface area contributed by atoms with Crippen molar-refractivity contribution in [1.82, 2.24) is 19.7 Å². The molecule has 0 aliphatic carbocycles. The van der Waals surface area contributed by atoms with Crippen molar-refractivity contribution < 1.29 is 18.3 Å². The number of rotatable bonds is 5. The standard InChI is InChI=1S/C27H22F2N6O2/c1-14-10-23(37-26-18(28)5-2-6-19(26)29)32-13-22(14)35-27(30)17(12-33-35)25(36)21-11-16-20(34-21)8-7-15-4-3-9-31-24(15)16/h2,5-8,10-13,31,34H,3-4,9,30H2,1H3. The number of ether oxygens (including phenoxy) is 1. The number of nitrogens with one attached hydrogen (secondary N) is 2. The number of hydrogen-bond acceptors (Lipinski definition) is 6. The molecule has 0 atom stereocenters. The van der Waals surface area contributed by atoms with Gasteiger partial charge in [-0.15, -0.1) is 0 Å². The van der Waals surface area contributed by atoms with E-state index >= 15 is 0 Å². The lowest BCUT2D eigenvalue weighted by atomic mass is 10.0. The number of nitrogen functional groups attached to an aromatic ring is 1. The topological polar surface area (TPSA) is 111 Å². The fourth-order valence-corrected chi connectivity index (χ4v) is 4.64. The molecule has 1 aliphatic rings. The molecule has 4 N–H and O–H groups in total. The van der Waals surface area contributed by atoms with Crippen molar-refractivity contribution in [2.45, 2.75) is 19.8 Å². The molecular weight excluding hydrogens is 478 g/mol. The van der Waals surface area contributed by atoms with Crippen LogP contribution >= 0.6 is 0 Å². The number of nitrogens with zero attached hydrogens (tertiary/aromatic N) is 3. The number of aryl methyl sites for hydroxylation is 2. The normalized spacial score (nSPS) is 12.8. The molecular formula is C27H22F2N6O2. The van der Waals surface area contributed by atoms with Gasteiger partial charge in [-0.2, -0.15) is 5.10 Å². The van der Waals surface area contributed by atoms with Gasteiger partial charge in [0.2, 0.25) is 17.4 Å². The van der Waals surface area contributed by atoms with Gasteiger partial charge >= 0.3 is 0 Å². The van der Waals surface area contributed by atoms with E-state index in [1.165, 1.54) is 34.8 Å². The molecule has 37 heavy (non-hydrogen) atoms. The molecule has 8 nitrogen and oxygen atoms in total. The van der Waals surface area contributed by atoms with Crippen LogP contribution in [-0.4, -0.2) is 32.1 Å². The third-order valence-corrected chi connectivity index (χ3v) is 6.52. The molecule has 5 aromatic rings. The van der Waals surface area contributed by atoms with Gasteiger partial charge in [0.25, 0.3) is 0 Å². The van der Waals surface area contributed by atoms with Crippen LogP contribution in [0.4, 0.5) is 20.3 Å². The third-order valence-electron chi connectivity index (χ3n) is 6.52. The van der Waals surface area contributed by atoms with Crippen molar-refractivity contribution in [2.75, 3.05) is 17.6 Å². The van der Waals surface area contributed by atoms with Crippen LogP contribution in [0.5, 0.6) is 11.6 Å². The van der Waals surface area contributed by atoms with Crippen LogP contribution in [-0.2, 0) is 6.42 Å². The first kappa shape index (κ1) is 22.7. The maximum absolute atomic E-state index is 13.9. The fraction of sp³-hybridized carbons (Fsp3) is 0.148. The first-order chi connectivity index (χ1) is 17.9. The molecule has 0 spiro atoms. The lowest BCUT2D eigenvalue weighted by Gasteiger charge is -2.18. The highest BCUT2D eigenvalue weighted by Crippen LogP contribution is 2.33. The van der Waals surface area contributed by atoms with Gasteiger partial charge in [-0.25, -0.2) is 18.4 Å². The Bertz CT molecular complexity index is 1670. The molecule has 6 rings (SSSR count).